The molecule has 1 fully saturated rings. The highest BCUT2D eigenvalue weighted by molar-refractivity contribution is 14.1. The number of aliphatic hydroxyl groups is 1. The average molecular weight is 284 g/mol. The number of carboxylic acid groups (broad SMARTS) is 1. The van der Waals surface area contributed by atoms with Crippen LogP contribution in [0, 0.1) is 11.8 Å². The van der Waals surface area contributed by atoms with Gasteiger partial charge in [-0.3, -0.25) is 4.79 Å². The van der Waals surface area contributed by atoms with Crippen LogP contribution in [0.2, 0.25) is 0 Å². The Hall–Kier alpha value is 0.160. The Bertz CT molecular complexity index is 183. The topological polar surface area (TPSA) is 57.5 Å². The quantitative estimate of drug-likeness (QED) is 0.563. The highest BCUT2D eigenvalue weighted by Gasteiger charge is 2.36. The van der Waals surface area contributed by atoms with Crippen molar-refractivity contribution in [3.05, 3.63) is 0 Å². The third-order valence-electron chi connectivity index (χ3n) is 2.51. The van der Waals surface area contributed by atoms with Gasteiger partial charge in [0.2, 0.25) is 0 Å². The second-order valence-electron chi connectivity index (χ2n) is 3.48. The summed E-state index contributed by atoms with van der Waals surface area (Å²) < 4.78 is 0.216. The fourth-order valence-corrected chi connectivity index (χ4v) is 2.76. The monoisotopic (exact) mass is 284 g/mol. The van der Waals surface area contributed by atoms with Gasteiger partial charge < -0.3 is 10.2 Å². The van der Waals surface area contributed by atoms with Crippen LogP contribution in [-0.2, 0) is 4.79 Å². The van der Waals surface area contributed by atoms with Crippen molar-refractivity contribution in [2.45, 2.75) is 29.8 Å². The van der Waals surface area contributed by atoms with Crippen molar-refractivity contribution in [1.82, 2.24) is 0 Å². The fourth-order valence-electron chi connectivity index (χ4n) is 1.66. The number of rotatable bonds is 1. The first-order chi connectivity index (χ1) is 5.52. The van der Waals surface area contributed by atoms with E-state index in [1.54, 1.807) is 0 Å². The molecule has 0 heterocycles. The number of alkyl halides is 1. The lowest BCUT2D eigenvalue weighted by Gasteiger charge is -2.32. The summed E-state index contributed by atoms with van der Waals surface area (Å²) in [6.07, 6.45) is 0.769. The van der Waals surface area contributed by atoms with Crippen LogP contribution in [0.3, 0.4) is 0 Å². The van der Waals surface area contributed by atoms with Crippen molar-refractivity contribution in [1.29, 1.82) is 0 Å². The van der Waals surface area contributed by atoms with E-state index in [9.17, 15) is 9.90 Å². The summed E-state index contributed by atoms with van der Waals surface area (Å²) in [6.45, 7) is 1.94. The first-order valence-electron chi connectivity index (χ1n) is 4.07. The Kier molecular flexibility index (Phi) is 3.34. The van der Waals surface area contributed by atoms with E-state index in [0.29, 0.717) is 6.42 Å². The molecule has 1 aliphatic carbocycles. The second-order valence-corrected chi connectivity index (χ2v) is 5.08. The molecule has 0 saturated heterocycles. The molecule has 0 aromatic heterocycles. The SMILES string of the molecule is CC1CC(I)C(O)CC1C(=O)O. The minimum absolute atomic E-state index is 0.188. The van der Waals surface area contributed by atoms with Crippen molar-refractivity contribution in [3.63, 3.8) is 0 Å². The second kappa shape index (κ2) is 3.91. The van der Waals surface area contributed by atoms with Gasteiger partial charge in [-0.2, -0.15) is 0 Å². The Morgan fingerprint density at radius 1 is 1.50 bits per heavy atom. The zero-order chi connectivity index (χ0) is 9.30. The smallest absolute Gasteiger partial charge is 0.306 e. The molecular weight excluding hydrogens is 271 g/mol. The van der Waals surface area contributed by atoms with Crippen LogP contribution in [-0.4, -0.2) is 26.2 Å². The van der Waals surface area contributed by atoms with Gasteiger partial charge in [-0.15, -0.1) is 0 Å². The highest BCUT2D eigenvalue weighted by Crippen LogP contribution is 2.34. The molecule has 0 radical (unpaired) electrons. The number of carboxylic acids is 1. The molecule has 0 bridgehead atoms. The maximum Gasteiger partial charge on any atom is 0.306 e. The van der Waals surface area contributed by atoms with Gasteiger partial charge in [0.1, 0.15) is 0 Å². The van der Waals surface area contributed by atoms with Gasteiger partial charge in [0, 0.05) is 3.92 Å². The maximum atomic E-state index is 10.7. The maximum absolute atomic E-state index is 10.7. The number of carbonyl (C=O) groups is 1. The van der Waals surface area contributed by atoms with Crippen LogP contribution in [0.4, 0.5) is 0 Å². The molecule has 70 valence electrons. The van der Waals surface area contributed by atoms with Gasteiger partial charge in [0.05, 0.1) is 12.0 Å². The summed E-state index contributed by atoms with van der Waals surface area (Å²) in [7, 11) is 0. The zero-order valence-corrected chi connectivity index (χ0v) is 9.06. The van der Waals surface area contributed by atoms with E-state index in [1.165, 1.54) is 0 Å². The first-order valence-corrected chi connectivity index (χ1v) is 5.32. The lowest BCUT2D eigenvalue weighted by molar-refractivity contribution is -0.146. The minimum Gasteiger partial charge on any atom is -0.481 e. The molecule has 0 spiro atoms. The fraction of sp³-hybridized carbons (Fsp3) is 0.875. The van der Waals surface area contributed by atoms with Gasteiger partial charge in [-0.1, -0.05) is 29.5 Å². The molecule has 4 unspecified atom stereocenters. The summed E-state index contributed by atoms with van der Waals surface area (Å²) in [5.74, 6) is -0.941. The molecule has 3 nitrogen and oxygen atoms in total. The average Bonchev–Trinajstić information content (AvgIpc) is 1.96. The Balaban J connectivity index is 2.61. The molecule has 0 aromatic rings. The van der Waals surface area contributed by atoms with Crippen LogP contribution in [0.25, 0.3) is 0 Å². The van der Waals surface area contributed by atoms with E-state index in [0.717, 1.165) is 6.42 Å². The molecule has 4 heteroatoms. The van der Waals surface area contributed by atoms with E-state index in [2.05, 4.69) is 22.6 Å². The molecule has 0 aliphatic heterocycles. The highest BCUT2D eigenvalue weighted by atomic mass is 127. The number of aliphatic hydroxyl groups excluding tert-OH is 1. The van der Waals surface area contributed by atoms with Crippen molar-refractivity contribution in [2.24, 2.45) is 11.8 Å². The minimum atomic E-state index is -0.773. The molecular formula is C8H13IO3. The van der Waals surface area contributed by atoms with E-state index in [4.69, 9.17) is 5.11 Å². The van der Waals surface area contributed by atoms with Crippen LogP contribution in [0.1, 0.15) is 19.8 Å². The number of hydrogen-bond donors (Lipinski definition) is 2. The van der Waals surface area contributed by atoms with Crippen molar-refractivity contribution in [2.75, 3.05) is 0 Å². The van der Waals surface area contributed by atoms with E-state index < -0.39 is 12.1 Å². The Labute approximate surface area is 85.3 Å². The molecule has 4 atom stereocenters. The molecule has 1 saturated carbocycles. The molecule has 1 aliphatic rings. The lowest BCUT2D eigenvalue weighted by atomic mass is 9.79. The van der Waals surface area contributed by atoms with E-state index in [1.807, 2.05) is 6.92 Å². The van der Waals surface area contributed by atoms with Crippen molar-refractivity contribution < 1.29 is 15.0 Å². The summed E-state index contributed by atoms with van der Waals surface area (Å²) in [4.78, 5) is 10.7. The van der Waals surface area contributed by atoms with Crippen LogP contribution >= 0.6 is 22.6 Å². The van der Waals surface area contributed by atoms with Crippen molar-refractivity contribution >= 4 is 28.6 Å². The van der Waals surface area contributed by atoms with E-state index in [-0.39, 0.29) is 15.8 Å². The molecule has 0 amide bonds. The van der Waals surface area contributed by atoms with Gasteiger partial charge >= 0.3 is 5.97 Å². The van der Waals surface area contributed by atoms with Gasteiger partial charge in [-0.05, 0) is 18.8 Å². The molecule has 0 aromatic carbocycles. The van der Waals surface area contributed by atoms with Crippen LogP contribution < -0.4 is 0 Å². The van der Waals surface area contributed by atoms with Gasteiger partial charge in [-0.25, -0.2) is 0 Å². The number of hydrogen-bond acceptors (Lipinski definition) is 2. The summed E-state index contributed by atoms with van der Waals surface area (Å²) >= 11 is 2.19. The first kappa shape index (κ1) is 10.2. The largest absolute Gasteiger partial charge is 0.481 e. The van der Waals surface area contributed by atoms with Crippen LogP contribution in [0.5, 0.6) is 0 Å². The Morgan fingerprint density at radius 3 is 2.58 bits per heavy atom. The number of aliphatic carboxylic acids is 1. The predicted molar refractivity (Wildman–Crippen MR) is 53.3 cm³/mol. The standard InChI is InChI=1S/C8H13IO3/c1-4-2-6(9)7(10)3-5(4)8(11)12/h4-7,10H,2-3H2,1H3,(H,11,12). The lowest BCUT2D eigenvalue weighted by Crippen LogP contribution is -2.38. The third kappa shape index (κ3) is 2.10. The summed E-state index contributed by atoms with van der Waals surface area (Å²) in [6, 6.07) is 0. The Morgan fingerprint density at radius 2 is 2.08 bits per heavy atom. The van der Waals surface area contributed by atoms with Gasteiger partial charge in [0.25, 0.3) is 0 Å². The normalized spacial score (nSPS) is 42.6. The molecule has 1 rings (SSSR count). The zero-order valence-electron chi connectivity index (χ0n) is 6.90. The summed E-state index contributed by atoms with van der Waals surface area (Å²) in [5, 5.41) is 18.2. The molecule has 2 N–H and O–H groups in total. The van der Waals surface area contributed by atoms with Gasteiger partial charge in [0.15, 0.2) is 0 Å². The third-order valence-corrected chi connectivity index (χ3v) is 3.85. The van der Waals surface area contributed by atoms with Crippen molar-refractivity contribution in [3.8, 4) is 0 Å². The predicted octanol–water partition coefficient (Wildman–Crippen LogP) is 1.28. The summed E-state index contributed by atoms with van der Waals surface area (Å²) in [5.41, 5.74) is 0. The van der Waals surface area contributed by atoms with E-state index >= 15 is 0 Å². The molecule has 12 heavy (non-hydrogen) atoms. The van der Waals surface area contributed by atoms with Crippen LogP contribution in [0.15, 0.2) is 0 Å². The number of halogens is 1.